The SMILES string of the molecule is Cc1cc(Nc2ccc(C(=O)O)c(F)c2)ccc1[N+](=O)[O-]. The highest BCUT2D eigenvalue weighted by atomic mass is 19.1. The van der Waals surface area contributed by atoms with Gasteiger partial charge in [0.15, 0.2) is 0 Å². The average Bonchev–Trinajstić information content (AvgIpc) is 2.37. The van der Waals surface area contributed by atoms with Crippen molar-refractivity contribution in [2.45, 2.75) is 6.92 Å². The monoisotopic (exact) mass is 290 g/mol. The molecule has 2 aromatic rings. The van der Waals surface area contributed by atoms with E-state index < -0.39 is 22.3 Å². The topological polar surface area (TPSA) is 92.5 Å². The molecule has 0 aliphatic heterocycles. The van der Waals surface area contributed by atoms with Crippen molar-refractivity contribution in [2.24, 2.45) is 0 Å². The van der Waals surface area contributed by atoms with Gasteiger partial charge < -0.3 is 10.4 Å². The van der Waals surface area contributed by atoms with Gasteiger partial charge in [0.25, 0.3) is 5.69 Å². The number of carboxylic acids is 1. The Morgan fingerprint density at radius 3 is 2.38 bits per heavy atom. The van der Waals surface area contributed by atoms with E-state index in [-0.39, 0.29) is 5.69 Å². The van der Waals surface area contributed by atoms with Gasteiger partial charge in [0, 0.05) is 23.0 Å². The Bertz CT molecular complexity index is 669. The highest BCUT2D eigenvalue weighted by Crippen LogP contribution is 2.25. The maximum atomic E-state index is 13.5. The molecule has 2 aromatic carbocycles. The van der Waals surface area contributed by atoms with E-state index in [0.29, 0.717) is 16.9 Å². The molecule has 0 bridgehead atoms. The fourth-order valence-electron chi connectivity index (χ4n) is 1.87. The number of nitro benzene ring substituents is 1. The predicted octanol–water partition coefficient (Wildman–Crippen LogP) is 3.48. The zero-order valence-corrected chi connectivity index (χ0v) is 11.0. The van der Waals surface area contributed by atoms with Gasteiger partial charge in [-0.25, -0.2) is 9.18 Å². The molecule has 0 unspecified atom stereocenters. The summed E-state index contributed by atoms with van der Waals surface area (Å²) in [6, 6.07) is 8.02. The number of carboxylic acid groups (broad SMARTS) is 1. The van der Waals surface area contributed by atoms with E-state index in [4.69, 9.17) is 5.11 Å². The zero-order chi connectivity index (χ0) is 15.6. The zero-order valence-electron chi connectivity index (χ0n) is 11.0. The molecule has 0 amide bonds. The van der Waals surface area contributed by atoms with Crippen LogP contribution in [0.5, 0.6) is 0 Å². The van der Waals surface area contributed by atoms with Gasteiger partial charge in [-0.05, 0) is 37.3 Å². The van der Waals surface area contributed by atoms with Crippen molar-refractivity contribution in [3.8, 4) is 0 Å². The number of benzene rings is 2. The molecule has 0 heterocycles. The van der Waals surface area contributed by atoms with Crippen LogP contribution in [0.1, 0.15) is 15.9 Å². The van der Waals surface area contributed by atoms with E-state index in [1.165, 1.54) is 18.2 Å². The quantitative estimate of drug-likeness (QED) is 0.664. The van der Waals surface area contributed by atoms with Crippen molar-refractivity contribution < 1.29 is 19.2 Å². The lowest BCUT2D eigenvalue weighted by atomic mass is 10.1. The third-order valence-electron chi connectivity index (χ3n) is 2.88. The summed E-state index contributed by atoms with van der Waals surface area (Å²) in [5.74, 6) is -2.20. The molecular formula is C14H11FN2O4. The number of hydrogen-bond acceptors (Lipinski definition) is 4. The van der Waals surface area contributed by atoms with Gasteiger partial charge in [-0.15, -0.1) is 0 Å². The minimum Gasteiger partial charge on any atom is -0.478 e. The first-order chi connectivity index (χ1) is 9.88. The minimum atomic E-state index is -1.34. The van der Waals surface area contributed by atoms with Crippen molar-refractivity contribution in [3.05, 3.63) is 63.5 Å². The molecule has 2 N–H and O–H groups in total. The number of nitrogens with zero attached hydrogens (tertiary/aromatic N) is 1. The fraction of sp³-hybridized carbons (Fsp3) is 0.0714. The summed E-state index contributed by atoms with van der Waals surface area (Å²) in [4.78, 5) is 20.9. The first-order valence-corrected chi connectivity index (χ1v) is 5.93. The molecule has 7 heteroatoms. The number of halogens is 1. The van der Waals surface area contributed by atoms with E-state index in [2.05, 4.69) is 5.32 Å². The second kappa shape index (κ2) is 5.58. The summed E-state index contributed by atoms with van der Waals surface area (Å²) in [6.07, 6.45) is 0. The molecule has 0 aliphatic carbocycles. The molecule has 0 saturated heterocycles. The second-order valence-corrected chi connectivity index (χ2v) is 4.38. The molecule has 0 fully saturated rings. The summed E-state index contributed by atoms with van der Waals surface area (Å²) in [7, 11) is 0. The van der Waals surface area contributed by atoms with Gasteiger partial charge in [0.05, 0.1) is 10.5 Å². The third-order valence-corrected chi connectivity index (χ3v) is 2.88. The third kappa shape index (κ3) is 3.14. The summed E-state index contributed by atoms with van der Waals surface area (Å²) in [5.41, 5.74) is 0.937. The Morgan fingerprint density at radius 2 is 1.86 bits per heavy atom. The standard InChI is InChI=1S/C14H11FN2O4/c1-8-6-9(3-5-13(8)17(20)21)16-10-2-4-11(14(18)19)12(15)7-10/h2-7,16H,1H3,(H,18,19). The lowest BCUT2D eigenvalue weighted by molar-refractivity contribution is -0.385. The highest BCUT2D eigenvalue weighted by Gasteiger charge is 2.12. The van der Waals surface area contributed by atoms with Crippen LogP contribution in [-0.2, 0) is 0 Å². The van der Waals surface area contributed by atoms with E-state index >= 15 is 0 Å². The number of carbonyl (C=O) groups is 1. The number of anilines is 2. The molecule has 0 aliphatic rings. The van der Waals surface area contributed by atoms with Crippen LogP contribution in [-0.4, -0.2) is 16.0 Å². The normalized spacial score (nSPS) is 10.2. The molecule has 0 saturated carbocycles. The Morgan fingerprint density at radius 1 is 1.24 bits per heavy atom. The van der Waals surface area contributed by atoms with Gasteiger partial charge in [-0.2, -0.15) is 0 Å². The van der Waals surface area contributed by atoms with Crippen LogP contribution in [0.25, 0.3) is 0 Å². The number of nitro groups is 1. The molecule has 108 valence electrons. The predicted molar refractivity (Wildman–Crippen MR) is 74.5 cm³/mol. The van der Waals surface area contributed by atoms with E-state index in [1.54, 1.807) is 13.0 Å². The number of aryl methyl sites for hydroxylation is 1. The largest absolute Gasteiger partial charge is 0.478 e. The first-order valence-electron chi connectivity index (χ1n) is 5.93. The van der Waals surface area contributed by atoms with Crippen LogP contribution >= 0.6 is 0 Å². The van der Waals surface area contributed by atoms with Gasteiger partial charge in [0.1, 0.15) is 5.82 Å². The average molecular weight is 290 g/mol. The molecule has 0 radical (unpaired) electrons. The summed E-state index contributed by atoms with van der Waals surface area (Å²) in [5, 5.41) is 22.3. The maximum Gasteiger partial charge on any atom is 0.338 e. The van der Waals surface area contributed by atoms with Crippen LogP contribution in [0, 0.1) is 22.9 Å². The van der Waals surface area contributed by atoms with Crippen LogP contribution in [0.2, 0.25) is 0 Å². The van der Waals surface area contributed by atoms with Gasteiger partial charge in [0.2, 0.25) is 0 Å². The van der Waals surface area contributed by atoms with E-state index in [0.717, 1.165) is 12.1 Å². The molecule has 21 heavy (non-hydrogen) atoms. The fourth-order valence-corrected chi connectivity index (χ4v) is 1.87. The van der Waals surface area contributed by atoms with Gasteiger partial charge in [-0.1, -0.05) is 0 Å². The molecule has 0 spiro atoms. The van der Waals surface area contributed by atoms with Crippen molar-refractivity contribution in [1.29, 1.82) is 0 Å². The molecular weight excluding hydrogens is 279 g/mol. The van der Waals surface area contributed by atoms with Crippen LogP contribution in [0.3, 0.4) is 0 Å². The van der Waals surface area contributed by atoms with E-state index in [9.17, 15) is 19.3 Å². The van der Waals surface area contributed by atoms with Crippen LogP contribution in [0.15, 0.2) is 36.4 Å². The molecule has 2 rings (SSSR count). The Balaban J connectivity index is 2.26. The summed E-state index contributed by atoms with van der Waals surface area (Å²) >= 11 is 0. The van der Waals surface area contributed by atoms with Crippen LogP contribution < -0.4 is 5.32 Å². The van der Waals surface area contributed by atoms with Gasteiger partial charge >= 0.3 is 5.97 Å². The van der Waals surface area contributed by atoms with Crippen LogP contribution in [0.4, 0.5) is 21.5 Å². The van der Waals surface area contributed by atoms with E-state index in [1.807, 2.05) is 0 Å². The summed E-state index contributed by atoms with van der Waals surface area (Å²) < 4.78 is 13.5. The van der Waals surface area contributed by atoms with Crippen molar-refractivity contribution in [2.75, 3.05) is 5.32 Å². The lowest BCUT2D eigenvalue weighted by Gasteiger charge is -2.08. The Hall–Kier alpha value is -2.96. The lowest BCUT2D eigenvalue weighted by Crippen LogP contribution is -2.01. The summed E-state index contributed by atoms with van der Waals surface area (Å²) in [6.45, 7) is 1.59. The van der Waals surface area contributed by atoms with Crippen molar-refractivity contribution in [1.82, 2.24) is 0 Å². The highest BCUT2D eigenvalue weighted by molar-refractivity contribution is 5.88. The minimum absolute atomic E-state index is 0.00652. The number of aromatic carboxylic acids is 1. The number of hydrogen-bond donors (Lipinski definition) is 2. The van der Waals surface area contributed by atoms with Gasteiger partial charge in [-0.3, -0.25) is 10.1 Å². The smallest absolute Gasteiger partial charge is 0.338 e. The Kier molecular flexibility index (Phi) is 3.84. The van der Waals surface area contributed by atoms with Crippen molar-refractivity contribution in [3.63, 3.8) is 0 Å². The Labute approximate surface area is 119 Å². The first kappa shape index (κ1) is 14.4. The second-order valence-electron chi connectivity index (χ2n) is 4.38. The number of rotatable bonds is 4. The number of nitrogens with one attached hydrogen (secondary N) is 1. The molecule has 6 nitrogen and oxygen atoms in total. The molecule has 0 atom stereocenters. The maximum absolute atomic E-state index is 13.5. The molecule has 0 aromatic heterocycles. The van der Waals surface area contributed by atoms with Crippen molar-refractivity contribution >= 4 is 23.0 Å².